The van der Waals surface area contributed by atoms with Crippen LogP contribution in [-0.4, -0.2) is 63.2 Å². The van der Waals surface area contributed by atoms with Crippen molar-refractivity contribution in [1.82, 2.24) is 10.2 Å². The molecule has 1 atom stereocenters. The van der Waals surface area contributed by atoms with Crippen molar-refractivity contribution < 1.29 is 27.5 Å². The summed E-state index contributed by atoms with van der Waals surface area (Å²) in [5.41, 5.74) is 2.33. The van der Waals surface area contributed by atoms with Crippen molar-refractivity contribution >= 4 is 27.5 Å². The molecule has 44 heavy (non-hydrogen) atoms. The van der Waals surface area contributed by atoms with E-state index in [1.165, 1.54) is 4.31 Å². The summed E-state index contributed by atoms with van der Waals surface area (Å²) >= 11 is 0. The molecule has 0 radical (unpaired) electrons. The van der Waals surface area contributed by atoms with Crippen LogP contribution in [0.4, 0.5) is 5.69 Å². The average molecular weight is 620 g/mol. The predicted molar refractivity (Wildman–Crippen MR) is 170 cm³/mol. The molecule has 2 aliphatic rings. The topological polar surface area (TPSA) is 105 Å². The number of carbonyl (C=O) groups is 2. The van der Waals surface area contributed by atoms with Gasteiger partial charge in [0.25, 0.3) is 0 Å². The molecule has 10 heteroatoms. The lowest BCUT2D eigenvalue weighted by Gasteiger charge is -2.33. The summed E-state index contributed by atoms with van der Waals surface area (Å²) in [6.07, 6.45) is 5.93. The summed E-state index contributed by atoms with van der Waals surface area (Å²) in [6.45, 7) is 1.20. The lowest BCUT2D eigenvalue weighted by Crippen LogP contribution is -2.52. The number of amides is 2. The Morgan fingerprint density at radius 2 is 1.52 bits per heavy atom. The van der Waals surface area contributed by atoms with Gasteiger partial charge >= 0.3 is 0 Å². The highest BCUT2D eigenvalue weighted by molar-refractivity contribution is 7.92. The van der Waals surface area contributed by atoms with E-state index in [4.69, 9.17) is 9.47 Å². The van der Waals surface area contributed by atoms with Crippen molar-refractivity contribution in [2.24, 2.45) is 0 Å². The normalized spacial score (nSPS) is 15.4. The monoisotopic (exact) mass is 619 g/mol. The zero-order chi connectivity index (χ0) is 30.9. The Morgan fingerprint density at radius 1 is 0.886 bits per heavy atom. The standard InChI is InChI=1S/C34H41N3O6S/c1-44(40,41)37(29-18-19-31-32(24-29)43-22-21-42-31)20-10-17-33(38)36(25-27-13-6-3-7-14-27)30(23-26-11-4-2-5-12-26)34(39)35-28-15-8-9-16-28/h2-7,11-14,18-19,24,28,30H,8-10,15-17,20-23,25H2,1H3,(H,35,39)/t30-/m0/s1. The van der Waals surface area contributed by atoms with Crippen LogP contribution in [0.15, 0.2) is 78.9 Å². The van der Waals surface area contributed by atoms with Crippen molar-refractivity contribution in [1.29, 1.82) is 0 Å². The van der Waals surface area contributed by atoms with E-state index in [9.17, 15) is 18.0 Å². The quantitative estimate of drug-likeness (QED) is 0.297. The smallest absolute Gasteiger partial charge is 0.243 e. The number of hydrogen-bond donors (Lipinski definition) is 1. The average Bonchev–Trinajstić information content (AvgIpc) is 3.54. The van der Waals surface area contributed by atoms with Crippen molar-refractivity contribution in [3.8, 4) is 11.5 Å². The molecule has 3 aromatic rings. The van der Waals surface area contributed by atoms with Crippen molar-refractivity contribution in [2.75, 3.05) is 30.3 Å². The second-order valence-corrected chi connectivity index (χ2v) is 13.4. The predicted octanol–water partition coefficient (Wildman–Crippen LogP) is 4.70. The zero-order valence-electron chi connectivity index (χ0n) is 25.2. The Bertz CT molecular complexity index is 1510. The zero-order valence-corrected chi connectivity index (χ0v) is 26.0. The number of hydrogen-bond acceptors (Lipinski definition) is 6. The van der Waals surface area contributed by atoms with Crippen LogP contribution in [0.1, 0.15) is 49.7 Å². The summed E-state index contributed by atoms with van der Waals surface area (Å²) < 4.78 is 38.2. The Balaban J connectivity index is 1.36. The van der Waals surface area contributed by atoms with Crippen LogP contribution in [0.5, 0.6) is 11.5 Å². The molecule has 1 saturated carbocycles. The van der Waals surface area contributed by atoms with Crippen LogP contribution in [0, 0.1) is 0 Å². The van der Waals surface area contributed by atoms with E-state index in [-0.39, 0.29) is 43.8 Å². The van der Waals surface area contributed by atoms with Gasteiger partial charge in [0.2, 0.25) is 21.8 Å². The van der Waals surface area contributed by atoms with Crippen LogP contribution >= 0.6 is 0 Å². The molecule has 1 aliphatic carbocycles. The lowest BCUT2D eigenvalue weighted by molar-refractivity contribution is -0.141. The van der Waals surface area contributed by atoms with E-state index in [0.717, 1.165) is 43.1 Å². The SMILES string of the molecule is CS(=O)(=O)N(CCCC(=O)N(Cc1ccccc1)[C@@H](Cc1ccccc1)C(=O)NC1CCCC1)c1ccc2c(c1)OCCO2. The number of benzene rings is 3. The van der Waals surface area contributed by atoms with Gasteiger partial charge in [-0.3, -0.25) is 13.9 Å². The molecule has 3 aromatic carbocycles. The number of nitrogens with zero attached hydrogens (tertiary/aromatic N) is 2. The maximum atomic E-state index is 14.0. The summed E-state index contributed by atoms with van der Waals surface area (Å²) in [6, 6.07) is 23.8. The summed E-state index contributed by atoms with van der Waals surface area (Å²) in [4.78, 5) is 29.5. The molecule has 2 amide bonds. The van der Waals surface area contributed by atoms with Crippen LogP contribution in [0.2, 0.25) is 0 Å². The number of anilines is 1. The highest BCUT2D eigenvalue weighted by Crippen LogP contribution is 2.35. The number of sulfonamides is 1. The molecule has 1 aliphatic heterocycles. The number of nitrogens with one attached hydrogen (secondary N) is 1. The summed E-state index contributed by atoms with van der Waals surface area (Å²) in [5, 5.41) is 3.22. The van der Waals surface area contributed by atoms with Gasteiger partial charge in [-0.2, -0.15) is 0 Å². The van der Waals surface area contributed by atoms with Gasteiger partial charge in [-0.15, -0.1) is 0 Å². The second-order valence-electron chi connectivity index (χ2n) is 11.5. The van der Waals surface area contributed by atoms with Gasteiger partial charge in [0.15, 0.2) is 11.5 Å². The fraction of sp³-hybridized carbons (Fsp3) is 0.412. The molecular weight excluding hydrogens is 578 g/mol. The molecule has 234 valence electrons. The molecule has 5 rings (SSSR count). The van der Waals surface area contributed by atoms with Crippen molar-refractivity contribution in [3.05, 3.63) is 90.0 Å². The van der Waals surface area contributed by atoms with Crippen molar-refractivity contribution in [3.63, 3.8) is 0 Å². The van der Waals surface area contributed by atoms with Crippen LogP contribution in [-0.2, 0) is 32.6 Å². The van der Waals surface area contributed by atoms with E-state index in [0.29, 0.717) is 36.8 Å². The van der Waals surface area contributed by atoms with Gasteiger partial charge in [0.05, 0.1) is 11.9 Å². The minimum Gasteiger partial charge on any atom is -0.486 e. The van der Waals surface area contributed by atoms with E-state index in [2.05, 4.69) is 5.32 Å². The molecule has 1 heterocycles. The summed E-state index contributed by atoms with van der Waals surface area (Å²) in [7, 11) is -3.65. The summed E-state index contributed by atoms with van der Waals surface area (Å²) in [5.74, 6) is 0.705. The first-order valence-electron chi connectivity index (χ1n) is 15.3. The maximum Gasteiger partial charge on any atom is 0.243 e. The molecule has 0 spiro atoms. The third-order valence-electron chi connectivity index (χ3n) is 8.13. The number of rotatable bonds is 13. The highest BCUT2D eigenvalue weighted by atomic mass is 32.2. The van der Waals surface area contributed by atoms with Crippen LogP contribution in [0.3, 0.4) is 0 Å². The highest BCUT2D eigenvalue weighted by Gasteiger charge is 2.32. The van der Waals surface area contributed by atoms with E-state index in [1.807, 2.05) is 60.7 Å². The Labute approximate surface area is 260 Å². The van der Waals surface area contributed by atoms with Gasteiger partial charge < -0.3 is 19.7 Å². The first-order valence-corrected chi connectivity index (χ1v) is 17.2. The van der Waals surface area contributed by atoms with Gasteiger partial charge in [-0.1, -0.05) is 73.5 Å². The third-order valence-corrected chi connectivity index (χ3v) is 9.33. The minimum absolute atomic E-state index is 0.0748. The molecule has 1 fully saturated rings. The Hall–Kier alpha value is -4.05. The number of ether oxygens (including phenoxy) is 2. The first kappa shape index (κ1) is 31.4. The number of carbonyl (C=O) groups excluding carboxylic acids is 2. The van der Waals surface area contributed by atoms with Crippen molar-refractivity contribution in [2.45, 2.75) is 63.6 Å². The first-order chi connectivity index (χ1) is 21.3. The van der Waals surface area contributed by atoms with Gasteiger partial charge in [-0.25, -0.2) is 8.42 Å². The molecule has 0 aromatic heterocycles. The fourth-order valence-corrected chi connectivity index (χ4v) is 6.85. The second kappa shape index (κ2) is 14.6. The molecule has 0 bridgehead atoms. The molecule has 0 unspecified atom stereocenters. The van der Waals surface area contributed by atoms with Crippen LogP contribution in [0.25, 0.3) is 0 Å². The molecule has 9 nitrogen and oxygen atoms in total. The van der Waals surface area contributed by atoms with Crippen LogP contribution < -0.4 is 19.1 Å². The molecular formula is C34H41N3O6S. The minimum atomic E-state index is -3.65. The maximum absolute atomic E-state index is 14.0. The Morgan fingerprint density at radius 3 is 2.18 bits per heavy atom. The lowest BCUT2D eigenvalue weighted by atomic mass is 10.0. The van der Waals surface area contributed by atoms with Gasteiger partial charge in [0, 0.05) is 38.0 Å². The third kappa shape index (κ3) is 8.31. The largest absolute Gasteiger partial charge is 0.486 e. The fourth-order valence-electron chi connectivity index (χ4n) is 5.89. The van der Waals surface area contributed by atoms with Gasteiger partial charge in [-0.05, 0) is 42.5 Å². The van der Waals surface area contributed by atoms with E-state index in [1.54, 1.807) is 23.1 Å². The van der Waals surface area contributed by atoms with E-state index < -0.39 is 16.1 Å². The number of fused-ring (bicyclic) bond motifs is 1. The molecule has 0 saturated heterocycles. The Kier molecular flexibility index (Phi) is 10.4. The molecule has 1 N–H and O–H groups in total. The van der Waals surface area contributed by atoms with Gasteiger partial charge in [0.1, 0.15) is 19.3 Å². The van der Waals surface area contributed by atoms with E-state index >= 15 is 0 Å².